The molecule has 0 radical (unpaired) electrons. The second kappa shape index (κ2) is 12.3. The van der Waals surface area contributed by atoms with Gasteiger partial charge in [0.1, 0.15) is 11.2 Å². The SMILES string of the molecule is Cc1ccc2oc(=O)c3cc(CCc4cc(CCc5cnc6c(c5)c(=O)oc5ccc(C)cc56)cc(B5OC(C)(C)C(C)(C)O5)c4)cnc3c2c1. The molecule has 1 fully saturated rings. The molecule has 9 heteroatoms. The summed E-state index contributed by atoms with van der Waals surface area (Å²) in [5, 5.41) is 2.64. The van der Waals surface area contributed by atoms with Gasteiger partial charge in [-0.15, -0.1) is 0 Å². The van der Waals surface area contributed by atoms with Crippen molar-refractivity contribution >= 4 is 56.3 Å². The molecule has 1 saturated heterocycles. The molecule has 0 bridgehead atoms. The summed E-state index contributed by atoms with van der Waals surface area (Å²) in [6, 6.07) is 21.8. The summed E-state index contributed by atoms with van der Waals surface area (Å²) in [7, 11) is -0.513. The highest BCUT2D eigenvalue weighted by Gasteiger charge is 2.51. The van der Waals surface area contributed by atoms with Crippen molar-refractivity contribution in [2.45, 2.75) is 78.4 Å². The zero-order valence-corrected chi connectivity index (χ0v) is 29.8. The van der Waals surface area contributed by atoms with Crippen LogP contribution in [0, 0.1) is 13.8 Å². The molecule has 5 heterocycles. The maximum absolute atomic E-state index is 12.9. The van der Waals surface area contributed by atoms with Crippen molar-refractivity contribution in [3.05, 3.63) is 133 Å². The van der Waals surface area contributed by atoms with Crippen molar-refractivity contribution in [2.24, 2.45) is 0 Å². The fraction of sp³-hybridized carbons (Fsp3) is 0.286. The predicted octanol–water partition coefficient (Wildman–Crippen LogP) is 7.48. The molecule has 0 aliphatic carbocycles. The van der Waals surface area contributed by atoms with Gasteiger partial charge in [0.05, 0.1) is 33.0 Å². The summed E-state index contributed by atoms with van der Waals surface area (Å²) in [6.07, 6.45) is 6.51. The number of nitrogens with zero attached hydrogens (tertiary/aromatic N) is 2. The molecule has 51 heavy (non-hydrogen) atoms. The first-order chi connectivity index (χ1) is 24.3. The van der Waals surface area contributed by atoms with E-state index in [1.165, 1.54) is 0 Å². The number of aryl methyl sites for hydroxylation is 6. The predicted molar refractivity (Wildman–Crippen MR) is 202 cm³/mol. The molecule has 0 unspecified atom stereocenters. The Bertz CT molecular complexity index is 2460. The Morgan fingerprint density at radius 2 is 0.980 bits per heavy atom. The van der Waals surface area contributed by atoms with Gasteiger partial charge in [-0.2, -0.15) is 0 Å². The first-order valence-electron chi connectivity index (χ1n) is 17.5. The summed E-state index contributed by atoms with van der Waals surface area (Å²) < 4.78 is 24.2. The van der Waals surface area contributed by atoms with Gasteiger partial charge in [0.15, 0.2) is 0 Å². The maximum Gasteiger partial charge on any atom is 0.494 e. The molecule has 3 aromatic carbocycles. The van der Waals surface area contributed by atoms with Crippen LogP contribution in [0.15, 0.2) is 97.5 Å². The second-order valence-corrected chi connectivity index (χ2v) is 14.9. The molecular formula is C42H39BN2O6. The van der Waals surface area contributed by atoms with E-state index in [2.05, 4.69) is 45.9 Å². The van der Waals surface area contributed by atoms with Gasteiger partial charge >= 0.3 is 18.4 Å². The van der Waals surface area contributed by atoms with Crippen LogP contribution in [0.4, 0.5) is 0 Å². The lowest BCUT2D eigenvalue weighted by atomic mass is 9.76. The summed E-state index contributed by atoms with van der Waals surface area (Å²) in [5.74, 6) is 0. The molecule has 0 spiro atoms. The lowest BCUT2D eigenvalue weighted by molar-refractivity contribution is 0.00578. The van der Waals surface area contributed by atoms with Crippen LogP contribution in [-0.2, 0) is 35.0 Å². The fourth-order valence-electron chi connectivity index (χ4n) is 6.95. The summed E-state index contributed by atoms with van der Waals surface area (Å²) in [5.41, 5.74) is 7.93. The van der Waals surface area contributed by atoms with E-state index in [-0.39, 0.29) is 11.3 Å². The number of hydrogen-bond donors (Lipinski definition) is 0. The Balaban J connectivity index is 1.09. The zero-order valence-electron chi connectivity index (χ0n) is 29.8. The monoisotopic (exact) mass is 678 g/mol. The van der Waals surface area contributed by atoms with Gasteiger partial charge in [-0.3, -0.25) is 9.97 Å². The van der Waals surface area contributed by atoms with E-state index in [0.29, 0.717) is 45.8 Å². The van der Waals surface area contributed by atoms with Crippen LogP contribution in [0.25, 0.3) is 43.7 Å². The van der Waals surface area contributed by atoms with Crippen LogP contribution in [0.3, 0.4) is 0 Å². The van der Waals surface area contributed by atoms with E-state index in [4.69, 9.17) is 28.1 Å². The highest BCUT2D eigenvalue weighted by molar-refractivity contribution is 6.62. The third kappa shape index (κ3) is 6.15. The number of pyridine rings is 2. The van der Waals surface area contributed by atoms with Crippen molar-refractivity contribution < 1.29 is 18.1 Å². The first-order valence-corrected chi connectivity index (χ1v) is 17.5. The number of benzene rings is 3. The molecular weight excluding hydrogens is 639 g/mol. The van der Waals surface area contributed by atoms with Crippen molar-refractivity contribution in [3.63, 3.8) is 0 Å². The van der Waals surface area contributed by atoms with E-state index in [9.17, 15) is 9.59 Å². The number of fused-ring (bicyclic) bond motifs is 6. The molecule has 0 N–H and O–H groups in total. The van der Waals surface area contributed by atoms with E-state index in [1.807, 2.05) is 74.8 Å². The summed E-state index contributed by atoms with van der Waals surface area (Å²) >= 11 is 0. The van der Waals surface area contributed by atoms with Gasteiger partial charge < -0.3 is 18.1 Å². The summed E-state index contributed by atoms with van der Waals surface area (Å²) in [6.45, 7) is 12.2. The minimum Gasteiger partial charge on any atom is -0.422 e. The highest BCUT2D eigenvalue weighted by Crippen LogP contribution is 2.36. The van der Waals surface area contributed by atoms with E-state index < -0.39 is 18.3 Å². The fourth-order valence-corrected chi connectivity index (χ4v) is 6.95. The second-order valence-electron chi connectivity index (χ2n) is 14.9. The molecule has 4 aromatic heterocycles. The Labute approximate surface area is 295 Å². The Kier molecular flexibility index (Phi) is 7.96. The normalized spacial score (nSPS) is 15.5. The molecule has 8 nitrogen and oxygen atoms in total. The molecule has 8 rings (SSSR count). The molecule has 0 amide bonds. The quantitative estimate of drug-likeness (QED) is 0.0971. The smallest absolute Gasteiger partial charge is 0.422 e. The molecule has 1 aliphatic rings. The Morgan fingerprint density at radius 1 is 0.549 bits per heavy atom. The average molecular weight is 679 g/mol. The van der Waals surface area contributed by atoms with Crippen LogP contribution >= 0.6 is 0 Å². The van der Waals surface area contributed by atoms with Crippen molar-refractivity contribution in [1.29, 1.82) is 0 Å². The van der Waals surface area contributed by atoms with Gasteiger partial charge in [0.25, 0.3) is 0 Å². The lowest BCUT2D eigenvalue weighted by Gasteiger charge is -2.32. The largest absolute Gasteiger partial charge is 0.494 e. The third-order valence-electron chi connectivity index (χ3n) is 10.5. The minimum atomic E-state index is -0.513. The minimum absolute atomic E-state index is 0.384. The molecule has 256 valence electrons. The standard InChI is InChI=1S/C42H39BN2O6/c1-24-7-13-35-31(15-24)37-33(39(46)48-35)20-28(22-44-37)11-9-26-17-27(19-30(18-26)43-50-41(3,4)42(5,6)51-43)10-12-29-21-34-38(45-23-29)32-16-25(2)8-14-36(32)49-40(34)47/h7-8,13-23H,9-12H2,1-6H3. The topological polar surface area (TPSA) is 105 Å². The Hall–Kier alpha value is -5.12. The number of aromatic nitrogens is 2. The zero-order chi connectivity index (χ0) is 35.7. The van der Waals surface area contributed by atoms with E-state index in [0.717, 1.165) is 62.5 Å². The Morgan fingerprint density at radius 3 is 1.43 bits per heavy atom. The number of rotatable bonds is 7. The maximum atomic E-state index is 12.9. The molecule has 7 aromatic rings. The molecule has 1 aliphatic heterocycles. The number of hydrogen-bond acceptors (Lipinski definition) is 8. The van der Waals surface area contributed by atoms with E-state index >= 15 is 0 Å². The van der Waals surface area contributed by atoms with Crippen LogP contribution in [-0.4, -0.2) is 28.3 Å². The van der Waals surface area contributed by atoms with Crippen LogP contribution in [0.1, 0.15) is 61.1 Å². The molecule has 0 atom stereocenters. The lowest BCUT2D eigenvalue weighted by Crippen LogP contribution is -2.41. The van der Waals surface area contributed by atoms with Crippen LogP contribution < -0.4 is 16.7 Å². The summed E-state index contributed by atoms with van der Waals surface area (Å²) in [4.78, 5) is 35.3. The van der Waals surface area contributed by atoms with E-state index in [1.54, 1.807) is 0 Å². The molecule has 0 saturated carbocycles. The van der Waals surface area contributed by atoms with Crippen LogP contribution in [0.2, 0.25) is 0 Å². The van der Waals surface area contributed by atoms with Crippen molar-refractivity contribution in [1.82, 2.24) is 9.97 Å². The van der Waals surface area contributed by atoms with Crippen molar-refractivity contribution in [2.75, 3.05) is 0 Å². The van der Waals surface area contributed by atoms with Gasteiger partial charge in [0.2, 0.25) is 0 Å². The third-order valence-corrected chi connectivity index (χ3v) is 10.5. The van der Waals surface area contributed by atoms with Gasteiger partial charge in [-0.05, 0) is 131 Å². The van der Waals surface area contributed by atoms with Crippen LogP contribution in [0.5, 0.6) is 0 Å². The first kappa shape index (κ1) is 33.1. The van der Waals surface area contributed by atoms with Crippen molar-refractivity contribution in [3.8, 4) is 0 Å². The van der Waals surface area contributed by atoms with Gasteiger partial charge in [0, 0.05) is 23.2 Å². The average Bonchev–Trinajstić information content (AvgIpc) is 3.33. The van der Waals surface area contributed by atoms with Gasteiger partial charge in [-0.25, -0.2) is 9.59 Å². The highest BCUT2D eigenvalue weighted by atomic mass is 16.7. The van der Waals surface area contributed by atoms with Gasteiger partial charge in [-0.1, -0.05) is 41.5 Å².